The van der Waals surface area contributed by atoms with E-state index >= 15 is 0 Å². The van der Waals surface area contributed by atoms with Crippen molar-refractivity contribution in [3.63, 3.8) is 0 Å². The summed E-state index contributed by atoms with van der Waals surface area (Å²) in [5.74, 6) is 0.403. The largest absolute Gasteiger partial charge is 0.324 e. The monoisotopic (exact) mass is 195 g/mol. The van der Waals surface area contributed by atoms with Gasteiger partial charge in [0.1, 0.15) is 6.33 Å². The lowest BCUT2D eigenvalue weighted by Gasteiger charge is -2.26. The number of aromatic amines is 1. The highest BCUT2D eigenvalue weighted by Crippen LogP contribution is 2.09. The van der Waals surface area contributed by atoms with Gasteiger partial charge in [-0.25, -0.2) is 9.89 Å². The molecule has 2 N–H and O–H groups in total. The number of anilines is 1. The molecule has 1 saturated heterocycles. The van der Waals surface area contributed by atoms with Gasteiger partial charge in [0.15, 0.2) is 0 Å². The molecule has 0 radical (unpaired) electrons. The summed E-state index contributed by atoms with van der Waals surface area (Å²) in [5.41, 5.74) is 0. The van der Waals surface area contributed by atoms with Gasteiger partial charge in [-0.15, -0.1) is 0 Å². The zero-order valence-electron chi connectivity index (χ0n) is 7.86. The van der Waals surface area contributed by atoms with E-state index in [0.717, 1.165) is 25.9 Å². The number of carbonyl (C=O) groups excluding carboxylic acids is 1. The fraction of sp³-hybridized carbons (Fsp3) is 0.625. The molecule has 0 unspecified atom stereocenters. The number of hydrogen-bond acceptors (Lipinski definition) is 3. The third-order valence-corrected chi connectivity index (χ3v) is 2.28. The molecular formula is C8H13N5O. The molecule has 1 fully saturated rings. The van der Waals surface area contributed by atoms with Gasteiger partial charge in [0, 0.05) is 13.1 Å². The van der Waals surface area contributed by atoms with Gasteiger partial charge >= 0.3 is 6.03 Å². The van der Waals surface area contributed by atoms with Crippen LogP contribution in [0.5, 0.6) is 0 Å². The Labute approximate surface area is 81.7 Å². The lowest BCUT2D eigenvalue weighted by Crippen LogP contribution is -2.38. The molecular weight excluding hydrogens is 182 g/mol. The SMILES string of the molecule is O=C(Nc1ncn[nH]1)N1CCCCC1. The van der Waals surface area contributed by atoms with Crippen molar-refractivity contribution in [3.8, 4) is 0 Å². The first-order valence-electron chi connectivity index (χ1n) is 4.77. The van der Waals surface area contributed by atoms with E-state index in [1.807, 2.05) is 0 Å². The van der Waals surface area contributed by atoms with Crippen LogP contribution in [0.3, 0.4) is 0 Å². The van der Waals surface area contributed by atoms with Crippen molar-refractivity contribution in [1.82, 2.24) is 20.1 Å². The van der Waals surface area contributed by atoms with Crippen LogP contribution in [-0.4, -0.2) is 39.2 Å². The van der Waals surface area contributed by atoms with Crippen LogP contribution in [-0.2, 0) is 0 Å². The second-order valence-corrected chi connectivity index (χ2v) is 3.31. The molecule has 6 heteroatoms. The van der Waals surface area contributed by atoms with Gasteiger partial charge < -0.3 is 4.90 Å². The summed E-state index contributed by atoms with van der Waals surface area (Å²) in [6.07, 6.45) is 4.76. The Balaban J connectivity index is 1.88. The Morgan fingerprint density at radius 2 is 2.21 bits per heavy atom. The topological polar surface area (TPSA) is 73.9 Å². The second kappa shape index (κ2) is 4.08. The van der Waals surface area contributed by atoms with E-state index in [1.165, 1.54) is 12.7 Å². The first-order chi connectivity index (χ1) is 6.86. The summed E-state index contributed by atoms with van der Waals surface area (Å²) in [6, 6.07) is -0.0959. The molecule has 2 rings (SSSR count). The lowest BCUT2D eigenvalue weighted by atomic mass is 10.1. The summed E-state index contributed by atoms with van der Waals surface area (Å²) < 4.78 is 0. The fourth-order valence-corrected chi connectivity index (χ4v) is 1.54. The van der Waals surface area contributed by atoms with Crippen LogP contribution in [0.2, 0.25) is 0 Å². The van der Waals surface area contributed by atoms with E-state index < -0.39 is 0 Å². The average Bonchev–Trinajstić information content (AvgIpc) is 2.72. The number of piperidine rings is 1. The first-order valence-corrected chi connectivity index (χ1v) is 4.77. The molecule has 0 aliphatic carbocycles. The highest BCUT2D eigenvalue weighted by molar-refractivity contribution is 5.87. The van der Waals surface area contributed by atoms with Crippen molar-refractivity contribution in [1.29, 1.82) is 0 Å². The number of rotatable bonds is 1. The molecule has 2 amide bonds. The maximum Gasteiger partial charge on any atom is 0.324 e. The van der Waals surface area contributed by atoms with E-state index in [9.17, 15) is 4.79 Å². The van der Waals surface area contributed by atoms with Crippen LogP contribution < -0.4 is 5.32 Å². The van der Waals surface area contributed by atoms with Crippen molar-refractivity contribution in [2.45, 2.75) is 19.3 Å². The van der Waals surface area contributed by atoms with Crippen LogP contribution in [0, 0.1) is 0 Å². The Kier molecular flexibility index (Phi) is 2.62. The molecule has 14 heavy (non-hydrogen) atoms. The summed E-state index contributed by atoms with van der Waals surface area (Å²) in [7, 11) is 0. The van der Waals surface area contributed by atoms with Gasteiger partial charge in [-0.2, -0.15) is 10.1 Å². The molecule has 1 aromatic rings. The molecule has 0 bridgehead atoms. The van der Waals surface area contributed by atoms with E-state index in [-0.39, 0.29) is 6.03 Å². The Morgan fingerprint density at radius 3 is 2.86 bits per heavy atom. The number of hydrogen-bond donors (Lipinski definition) is 2. The van der Waals surface area contributed by atoms with Crippen molar-refractivity contribution < 1.29 is 4.79 Å². The quantitative estimate of drug-likeness (QED) is 0.696. The number of aromatic nitrogens is 3. The molecule has 0 spiro atoms. The Morgan fingerprint density at radius 1 is 1.43 bits per heavy atom. The van der Waals surface area contributed by atoms with Crippen LogP contribution in [0.1, 0.15) is 19.3 Å². The molecule has 0 aromatic carbocycles. The third-order valence-electron chi connectivity index (χ3n) is 2.28. The number of amides is 2. The van der Waals surface area contributed by atoms with Crippen molar-refractivity contribution in [2.24, 2.45) is 0 Å². The highest BCUT2D eigenvalue weighted by Gasteiger charge is 2.16. The number of nitrogens with one attached hydrogen (secondary N) is 2. The second-order valence-electron chi connectivity index (χ2n) is 3.31. The fourth-order valence-electron chi connectivity index (χ4n) is 1.54. The number of H-pyrrole nitrogens is 1. The summed E-state index contributed by atoms with van der Waals surface area (Å²) >= 11 is 0. The van der Waals surface area contributed by atoms with E-state index in [0.29, 0.717) is 5.95 Å². The summed E-state index contributed by atoms with van der Waals surface area (Å²) in [5, 5.41) is 8.89. The van der Waals surface area contributed by atoms with E-state index in [1.54, 1.807) is 4.90 Å². The zero-order valence-corrected chi connectivity index (χ0v) is 7.86. The van der Waals surface area contributed by atoms with Gasteiger partial charge in [0.2, 0.25) is 5.95 Å². The van der Waals surface area contributed by atoms with Gasteiger partial charge in [0.25, 0.3) is 0 Å². The van der Waals surface area contributed by atoms with Gasteiger partial charge in [0.05, 0.1) is 0 Å². The smallest absolute Gasteiger partial charge is 0.324 e. The van der Waals surface area contributed by atoms with Crippen LogP contribution in [0.25, 0.3) is 0 Å². The van der Waals surface area contributed by atoms with Crippen LogP contribution in [0.15, 0.2) is 6.33 Å². The molecule has 6 nitrogen and oxygen atoms in total. The minimum absolute atomic E-state index is 0.0959. The predicted molar refractivity (Wildman–Crippen MR) is 50.8 cm³/mol. The Hall–Kier alpha value is -1.59. The molecule has 1 aliphatic rings. The summed E-state index contributed by atoms with van der Waals surface area (Å²) in [4.78, 5) is 17.2. The number of carbonyl (C=O) groups is 1. The van der Waals surface area contributed by atoms with E-state index in [2.05, 4.69) is 20.5 Å². The van der Waals surface area contributed by atoms with Crippen LogP contribution in [0.4, 0.5) is 10.7 Å². The molecule has 1 aliphatic heterocycles. The molecule has 0 atom stereocenters. The van der Waals surface area contributed by atoms with Gasteiger partial charge in [-0.1, -0.05) is 0 Å². The van der Waals surface area contributed by atoms with Crippen molar-refractivity contribution in [2.75, 3.05) is 18.4 Å². The number of likely N-dealkylation sites (tertiary alicyclic amines) is 1. The number of urea groups is 1. The lowest BCUT2D eigenvalue weighted by molar-refractivity contribution is 0.200. The van der Waals surface area contributed by atoms with Gasteiger partial charge in [-0.3, -0.25) is 5.32 Å². The van der Waals surface area contributed by atoms with Crippen molar-refractivity contribution in [3.05, 3.63) is 6.33 Å². The first kappa shape index (κ1) is 8.98. The minimum atomic E-state index is -0.0959. The molecule has 76 valence electrons. The Bertz CT molecular complexity index is 291. The van der Waals surface area contributed by atoms with E-state index in [4.69, 9.17) is 0 Å². The standard InChI is InChI=1S/C8H13N5O/c14-8(11-7-9-6-10-12-7)13-4-2-1-3-5-13/h6H,1-5H2,(H2,9,10,11,12,14). The van der Waals surface area contributed by atoms with Crippen LogP contribution >= 0.6 is 0 Å². The highest BCUT2D eigenvalue weighted by atomic mass is 16.2. The third kappa shape index (κ3) is 2.01. The summed E-state index contributed by atoms with van der Waals surface area (Å²) in [6.45, 7) is 1.67. The normalized spacial score (nSPS) is 16.7. The molecule has 0 saturated carbocycles. The maximum atomic E-state index is 11.6. The average molecular weight is 195 g/mol. The number of nitrogens with zero attached hydrogens (tertiary/aromatic N) is 3. The van der Waals surface area contributed by atoms with Crippen molar-refractivity contribution >= 4 is 12.0 Å². The zero-order chi connectivity index (χ0) is 9.80. The molecule has 1 aromatic heterocycles. The maximum absolute atomic E-state index is 11.6. The molecule has 2 heterocycles. The minimum Gasteiger partial charge on any atom is -0.324 e. The predicted octanol–water partition coefficient (Wildman–Crippen LogP) is 0.822. The van der Waals surface area contributed by atoms with Gasteiger partial charge in [-0.05, 0) is 19.3 Å².